The fraction of sp³-hybridized carbons (Fsp3) is 0.0364. The molecule has 10 heteroatoms. The Labute approximate surface area is 373 Å². The van der Waals surface area contributed by atoms with Gasteiger partial charge in [-0.3, -0.25) is 19.9 Å². The minimum Gasteiger partial charge on any atom is -0.307 e. The van der Waals surface area contributed by atoms with E-state index in [4.69, 9.17) is 34.9 Å². The van der Waals surface area contributed by atoms with Crippen LogP contribution in [0.1, 0.15) is 11.1 Å². The highest BCUT2D eigenvalue weighted by molar-refractivity contribution is 6.08. The summed E-state index contributed by atoms with van der Waals surface area (Å²) in [6.07, 6.45) is 7.31. The summed E-state index contributed by atoms with van der Waals surface area (Å²) >= 11 is 0. The van der Waals surface area contributed by atoms with Crippen molar-refractivity contribution in [1.82, 2.24) is 44.0 Å². The molecule has 0 N–H and O–H groups in total. The zero-order valence-corrected chi connectivity index (χ0v) is 35.4. The molecule has 65 heavy (non-hydrogen) atoms. The van der Waals surface area contributed by atoms with E-state index in [-0.39, 0.29) is 0 Å². The standard InChI is InChI=1S/C55H38N10/c1-35-21-25-40(26-22-35)63(41-27-23-36(2)24-28-41)52-46(64-42-17-9-29-56-48(42)49-43(64)18-10-30-57-49)33-39(34-47(52)65-44-19-11-31-58-50(44)51-45(65)20-12-32-59-51)55-61-53(37-13-5-3-6-14-37)60-54(62-55)38-15-7-4-8-16-38/h3-34H,1-2H3. The molecule has 12 rings (SSSR count). The van der Waals surface area contributed by atoms with Crippen LogP contribution in [0.2, 0.25) is 0 Å². The Morgan fingerprint density at radius 1 is 0.354 bits per heavy atom. The molecule has 0 bridgehead atoms. The highest BCUT2D eigenvalue weighted by atomic mass is 15.2. The van der Waals surface area contributed by atoms with Crippen molar-refractivity contribution in [1.29, 1.82) is 0 Å². The third-order valence-electron chi connectivity index (χ3n) is 11.9. The summed E-state index contributed by atoms with van der Waals surface area (Å²) < 4.78 is 4.56. The summed E-state index contributed by atoms with van der Waals surface area (Å²) in [7, 11) is 0. The number of benzene rings is 5. The Morgan fingerprint density at radius 2 is 0.692 bits per heavy atom. The number of fused-ring (bicyclic) bond motifs is 6. The maximum Gasteiger partial charge on any atom is 0.164 e. The molecule has 0 atom stereocenters. The van der Waals surface area contributed by atoms with Crippen molar-refractivity contribution in [2.75, 3.05) is 4.90 Å². The van der Waals surface area contributed by atoms with Gasteiger partial charge in [0, 0.05) is 52.9 Å². The number of anilines is 3. The van der Waals surface area contributed by atoms with Gasteiger partial charge in [0.1, 0.15) is 22.1 Å². The molecule has 0 aliphatic carbocycles. The lowest BCUT2D eigenvalue weighted by Gasteiger charge is -2.31. The highest BCUT2D eigenvalue weighted by Gasteiger charge is 2.29. The second kappa shape index (κ2) is 15.5. The first kappa shape index (κ1) is 37.8. The van der Waals surface area contributed by atoms with E-state index in [1.807, 2.05) is 110 Å². The molecular weight excluding hydrogens is 801 g/mol. The number of nitrogens with zero attached hydrogens (tertiary/aromatic N) is 10. The minimum absolute atomic E-state index is 0.512. The lowest BCUT2D eigenvalue weighted by molar-refractivity contribution is 1.06. The second-order valence-electron chi connectivity index (χ2n) is 16.1. The molecule has 0 unspecified atom stereocenters. The van der Waals surface area contributed by atoms with Crippen molar-refractivity contribution in [3.8, 4) is 45.5 Å². The SMILES string of the molecule is Cc1ccc(N(c2ccc(C)cc2)c2c(-n3c4cccnc4c4ncccc43)cc(-c3nc(-c4ccccc4)nc(-c4ccccc4)n3)cc2-n2c3cccnc3c3ncccc32)cc1. The van der Waals surface area contributed by atoms with Gasteiger partial charge in [-0.25, -0.2) is 15.0 Å². The molecule has 7 aromatic heterocycles. The van der Waals surface area contributed by atoms with Gasteiger partial charge in [0.2, 0.25) is 0 Å². The van der Waals surface area contributed by atoms with Gasteiger partial charge < -0.3 is 14.0 Å². The van der Waals surface area contributed by atoms with Crippen LogP contribution in [0.4, 0.5) is 17.1 Å². The van der Waals surface area contributed by atoms with Crippen molar-refractivity contribution in [3.63, 3.8) is 0 Å². The van der Waals surface area contributed by atoms with E-state index in [1.54, 1.807) is 0 Å². The quantitative estimate of drug-likeness (QED) is 0.149. The van der Waals surface area contributed by atoms with Crippen molar-refractivity contribution in [2.24, 2.45) is 0 Å². The normalized spacial score (nSPS) is 11.5. The third kappa shape index (κ3) is 6.46. The predicted molar refractivity (Wildman–Crippen MR) is 260 cm³/mol. The molecule has 308 valence electrons. The van der Waals surface area contributed by atoms with E-state index in [9.17, 15) is 0 Å². The topological polar surface area (TPSA) is 103 Å². The van der Waals surface area contributed by atoms with Crippen LogP contribution in [0, 0.1) is 13.8 Å². The van der Waals surface area contributed by atoms with Crippen molar-refractivity contribution < 1.29 is 0 Å². The Kier molecular flexibility index (Phi) is 9.01. The summed E-state index contributed by atoms with van der Waals surface area (Å²) in [5.41, 5.74) is 16.2. The number of rotatable bonds is 8. The average molecular weight is 839 g/mol. The number of aryl methyl sites for hydroxylation is 2. The van der Waals surface area contributed by atoms with Crippen LogP contribution in [0.25, 0.3) is 89.7 Å². The van der Waals surface area contributed by atoms with Gasteiger partial charge in [0.15, 0.2) is 17.5 Å². The Morgan fingerprint density at radius 3 is 1.05 bits per heavy atom. The van der Waals surface area contributed by atoms with Gasteiger partial charge in [-0.1, -0.05) is 96.1 Å². The van der Waals surface area contributed by atoms with Crippen LogP contribution in [0.5, 0.6) is 0 Å². The van der Waals surface area contributed by atoms with Crippen LogP contribution in [-0.4, -0.2) is 44.0 Å². The molecule has 12 aromatic rings. The molecule has 7 heterocycles. The van der Waals surface area contributed by atoms with Crippen LogP contribution < -0.4 is 4.90 Å². The van der Waals surface area contributed by atoms with E-state index in [1.165, 1.54) is 0 Å². The molecule has 0 aliphatic heterocycles. The molecule has 0 aliphatic rings. The molecule has 0 spiro atoms. The number of hydrogen-bond donors (Lipinski definition) is 0. The van der Waals surface area contributed by atoms with Crippen LogP contribution >= 0.6 is 0 Å². The molecule has 5 aromatic carbocycles. The molecule has 0 fully saturated rings. The molecular formula is C55H38N10. The van der Waals surface area contributed by atoms with Crippen molar-refractivity contribution in [3.05, 3.63) is 206 Å². The molecule has 0 saturated heterocycles. The van der Waals surface area contributed by atoms with Crippen LogP contribution in [0.3, 0.4) is 0 Å². The van der Waals surface area contributed by atoms with E-state index >= 15 is 0 Å². The van der Waals surface area contributed by atoms with Gasteiger partial charge in [0.25, 0.3) is 0 Å². The van der Waals surface area contributed by atoms with Crippen LogP contribution in [0.15, 0.2) is 195 Å². The summed E-state index contributed by atoms with van der Waals surface area (Å²) in [6, 6.07) is 58.3. The van der Waals surface area contributed by atoms with Crippen molar-refractivity contribution >= 4 is 61.2 Å². The third-order valence-corrected chi connectivity index (χ3v) is 11.9. The molecule has 0 amide bonds. The minimum atomic E-state index is 0.512. The first-order chi connectivity index (χ1) is 32.1. The highest BCUT2D eigenvalue weighted by Crippen LogP contribution is 2.48. The van der Waals surface area contributed by atoms with Gasteiger partial charge in [-0.15, -0.1) is 0 Å². The van der Waals surface area contributed by atoms with Crippen LogP contribution in [-0.2, 0) is 0 Å². The lowest BCUT2D eigenvalue weighted by atomic mass is 10.0. The largest absolute Gasteiger partial charge is 0.307 e. The number of aromatic nitrogens is 9. The predicted octanol–water partition coefficient (Wildman–Crippen LogP) is 12.7. The zero-order valence-electron chi connectivity index (χ0n) is 35.4. The van der Waals surface area contributed by atoms with E-state index in [2.05, 4.69) is 113 Å². The smallest absolute Gasteiger partial charge is 0.164 e. The zero-order chi connectivity index (χ0) is 43.4. The molecule has 10 nitrogen and oxygen atoms in total. The van der Waals surface area contributed by atoms with Crippen molar-refractivity contribution in [2.45, 2.75) is 13.8 Å². The summed E-state index contributed by atoms with van der Waals surface area (Å²) in [6.45, 7) is 4.23. The van der Waals surface area contributed by atoms with Gasteiger partial charge >= 0.3 is 0 Å². The first-order valence-corrected chi connectivity index (χ1v) is 21.5. The first-order valence-electron chi connectivity index (χ1n) is 21.5. The second-order valence-corrected chi connectivity index (χ2v) is 16.1. The van der Waals surface area contributed by atoms with Gasteiger partial charge in [-0.2, -0.15) is 0 Å². The average Bonchev–Trinajstić information content (AvgIpc) is 3.88. The molecule has 0 radical (unpaired) electrons. The fourth-order valence-corrected chi connectivity index (χ4v) is 8.85. The Hall–Kier alpha value is -8.89. The lowest BCUT2D eigenvalue weighted by Crippen LogP contribution is -2.17. The van der Waals surface area contributed by atoms with Gasteiger partial charge in [0.05, 0.1) is 39.1 Å². The maximum absolute atomic E-state index is 5.30. The molecule has 0 saturated carbocycles. The monoisotopic (exact) mass is 838 g/mol. The summed E-state index contributed by atoms with van der Waals surface area (Å²) in [4.78, 5) is 37.8. The van der Waals surface area contributed by atoms with E-state index in [0.29, 0.717) is 17.5 Å². The number of pyridine rings is 4. The fourth-order valence-electron chi connectivity index (χ4n) is 8.85. The summed E-state index contributed by atoms with van der Waals surface area (Å²) in [5.74, 6) is 1.65. The Bertz CT molecular complexity index is 3390. The van der Waals surface area contributed by atoms with Gasteiger partial charge in [-0.05, 0) is 98.8 Å². The Balaban J connectivity index is 1.30. The van der Waals surface area contributed by atoms with E-state index < -0.39 is 0 Å². The summed E-state index contributed by atoms with van der Waals surface area (Å²) in [5, 5.41) is 0. The van der Waals surface area contributed by atoms with E-state index in [0.717, 1.165) is 100 Å². The number of hydrogen-bond acceptors (Lipinski definition) is 8. The maximum atomic E-state index is 5.30.